The summed E-state index contributed by atoms with van der Waals surface area (Å²) in [4.78, 5) is 14.7. The van der Waals surface area contributed by atoms with E-state index in [0.717, 1.165) is 12.1 Å². The molecule has 1 N–H and O–H groups in total. The Morgan fingerprint density at radius 3 is 2.83 bits per heavy atom. The molecule has 5 heteroatoms. The topological polar surface area (TPSA) is 59.4 Å². The van der Waals surface area contributed by atoms with Crippen molar-refractivity contribution in [2.24, 2.45) is 0 Å². The molecule has 0 aromatic carbocycles. The molecule has 0 aliphatic rings. The average Bonchev–Trinajstić information content (AvgIpc) is 2.34. The third-order valence-corrected chi connectivity index (χ3v) is 3.24. The summed E-state index contributed by atoms with van der Waals surface area (Å²) in [6, 6.07) is 3.49. The summed E-state index contributed by atoms with van der Waals surface area (Å²) in [6.07, 6.45) is 3.94. The molecule has 1 atom stereocenters. The van der Waals surface area contributed by atoms with Gasteiger partial charge in [0.05, 0.1) is 5.69 Å². The van der Waals surface area contributed by atoms with Crippen molar-refractivity contribution >= 4 is 17.6 Å². The summed E-state index contributed by atoms with van der Waals surface area (Å²) in [5.41, 5.74) is 0.247. The molecule has 0 amide bonds. The van der Waals surface area contributed by atoms with E-state index in [1.54, 1.807) is 25.4 Å². The molecule has 4 nitrogen and oxygen atoms in total. The molecular weight excluding hydrogens is 254 g/mol. The number of methoxy groups -OCH3 is 1. The SMILES string of the molecule is COC(C)(CCCCC(=O)O)c1cc(Cl)ccn1. The molecule has 0 aliphatic carbocycles. The van der Waals surface area contributed by atoms with Crippen molar-refractivity contribution < 1.29 is 14.6 Å². The fraction of sp³-hybridized carbons (Fsp3) is 0.538. The first kappa shape index (κ1) is 14.9. The van der Waals surface area contributed by atoms with Gasteiger partial charge in [-0.2, -0.15) is 0 Å². The lowest BCUT2D eigenvalue weighted by Crippen LogP contribution is -2.25. The molecule has 0 spiro atoms. The summed E-state index contributed by atoms with van der Waals surface area (Å²) in [6.45, 7) is 1.94. The van der Waals surface area contributed by atoms with E-state index in [-0.39, 0.29) is 6.42 Å². The first-order valence-electron chi connectivity index (χ1n) is 5.87. The average molecular weight is 272 g/mol. The molecule has 0 fully saturated rings. The van der Waals surface area contributed by atoms with Crippen molar-refractivity contribution in [3.05, 3.63) is 29.0 Å². The van der Waals surface area contributed by atoms with Crippen LogP contribution in [0.1, 0.15) is 38.3 Å². The molecule has 0 radical (unpaired) electrons. The Labute approximate surface area is 112 Å². The molecular formula is C13H18ClNO3. The number of hydrogen-bond acceptors (Lipinski definition) is 3. The molecule has 0 aliphatic heterocycles. The number of halogens is 1. The maximum absolute atomic E-state index is 10.4. The van der Waals surface area contributed by atoms with E-state index in [1.807, 2.05) is 6.92 Å². The van der Waals surface area contributed by atoms with Crippen LogP contribution in [0.3, 0.4) is 0 Å². The fourth-order valence-corrected chi connectivity index (χ4v) is 1.93. The lowest BCUT2D eigenvalue weighted by molar-refractivity contribution is -0.137. The van der Waals surface area contributed by atoms with Crippen molar-refractivity contribution in [1.29, 1.82) is 0 Å². The van der Waals surface area contributed by atoms with Gasteiger partial charge in [-0.3, -0.25) is 9.78 Å². The van der Waals surface area contributed by atoms with Gasteiger partial charge in [-0.25, -0.2) is 0 Å². The Morgan fingerprint density at radius 1 is 1.56 bits per heavy atom. The zero-order valence-corrected chi connectivity index (χ0v) is 11.4. The van der Waals surface area contributed by atoms with Crippen LogP contribution in [-0.2, 0) is 15.1 Å². The third-order valence-electron chi connectivity index (χ3n) is 3.01. The van der Waals surface area contributed by atoms with Crippen LogP contribution in [0.15, 0.2) is 18.3 Å². The normalized spacial score (nSPS) is 14.2. The minimum absolute atomic E-state index is 0.183. The molecule has 1 heterocycles. The summed E-state index contributed by atoms with van der Waals surface area (Å²) >= 11 is 5.94. The molecule has 100 valence electrons. The van der Waals surface area contributed by atoms with Crippen LogP contribution < -0.4 is 0 Å². The number of aromatic nitrogens is 1. The Hall–Kier alpha value is -1.13. The minimum atomic E-state index is -0.769. The maximum atomic E-state index is 10.4. The minimum Gasteiger partial charge on any atom is -0.481 e. The van der Waals surface area contributed by atoms with Crippen LogP contribution in [-0.4, -0.2) is 23.2 Å². The van der Waals surface area contributed by atoms with Gasteiger partial charge in [0, 0.05) is 24.8 Å². The summed E-state index contributed by atoms with van der Waals surface area (Å²) in [5.74, 6) is -0.769. The van der Waals surface area contributed by atoms with Crippen molar-refractivity contribution in [3.8, 4) is 0 Å². The maximum Gasteiger partial charge on any atom is 0.303 e. The zero-order valence-electron chi connectivity index (χ0n) is 10.6. The Morgan fingerprint density at radius 2 is 2.28 bits per heavy atom. The van der Waals surface area contributed by atoms with Crippen LogP contribution in [0.4, 0.5) is 0 Å². The van der Waals surface area contributed by atoms with Crippen LogP contribution in [0.2, 0.25) is 5.02 Å². The Kier molecular flexibility index (Phi) is 5.56. The number of aliphatic carboxylic acids is 1. The number of ether oxygens (including phenoxy) is 1. The van der Waals surface area contributed by atoms with Crippen LogP contribution in [0.25, 0.3) is 0 Å². The number of carboxylic acids is 1. The number of rotatable bonds is 7. The zero-order chi connectivity index (χ0) is 13.6. The van der Waals surface area contributed by atoms with E-state index in [2.05, 4.69) is 4.98 Å². The van der Waals surface area contributed by atoms with Gasteiger partial charge >= 0.3 is 5.97 Å². The van der Waals surface area contributed by atoms with Crippen molar-refractivity contribution in [2.45, 2.75) is 38.2 Å². The van der Waals surface area contributed by atoms with Gasteiger partial charge in [-0.1, -0.05) is 11.6 Å². The Balaban J connectivity index is 2.64. The van der Waals surface area contributed by atoms with E-state index >= 15 is 0 Å². The van der Waals surface area contributed by atoms with Gasteiger partial charge in [-0.15, -0.1) is 0 Å². The molecule has 1 aromatic rings. The summed E-state index contributed by atoms with van der Waals surface area (Å²) < 4.78 is 5.52. The van der Waals surface area contributed by atoms with E-state index < -0.39 is 11.6 Å². The fourth-order valence-electron chi connectivity index (χ4n) is 1.77. The first-order chi connectivity index (χ1) is 8.48. The van der Waals surface area contributed by atoms with Gasteiger partial charge < -0.3 is 9.84 Å². The van der Waals surface area contributed by atoms with E-state index in [1.165, 1.54) is 0 Å². The number of pyridine rings is 1. The highest BCUT2D eigenvalue weighted by Crippen LogP contribution is 2.30. The molecule has 0 saturated carbocycles. The van der Waals surface area contributed by atoms with Crippen molar-refractivity contribution in [2.75, 3.05) is 7.11 Å². The largest absolute Gasteiger partial charge is 0.481 e. The van der Waals surface area contributed by atoms with Crippen LogP contribution in [0, 0.1) is 0 Å². The number of hydrogen-bond donors (Lipinski definition) is 1. The van der Waals surface area contributed by atoms with Gasteiger partial charge in [0.15, 0.2) is 0 Å². The van der Waals surface area contributed by atoms with Crippen molar-refractivity contribution in [3.63, 3.8) is 0 Å². The monoisotopic (exact) mass is 271 g/mol. The van der Waals surface area contributed by atoms with Crippen molar-refractivity contribution in [1.82, 2.24) is 4.98 Å². The second kappa shape index (κ2) is 6.71. The van der Waals surface area contributed by atoms with E-state index in [9.17, 15) is 4.79 Å². The lowest BCUT2D eigenvalue weighted by Gasteiger charge is -2.27. The Bertz CT molecular complexity index is 411. The second-order valence-electron chi connectivity index (χ2n) is 4.40. The predicted octanol–water partition coefficient (Wildman–Crippen LogP) is 3.24. The van der Waals surface area contributed by atoms with Crippen LogP contribution >= 0.6 is 11.6 Å². The summed E-state index contributed by atoms with van der Waals surface area (Å²) in [7, 11) is 1.62. The highest BCUT2D eigenvalue weighted by atomic mass is 35.5. The molecule has 1 rings (SSSR count). The van der Waals surface area contributed by atoms with Gasteiger partial charge in [0.1, 0.15) is 5.60 Å². The highest BCUT2D eigenvalue weighted by Gasteiger charge is 2.27. The number of carbonyl (C=O) groups is 1. The molecule has 0 saturated heterocycles. The number of carboxylic acid groups (broad SMARTS) is 1. The highest BCUT2D eigenvalue weighted by molar-refractivity contribution is 6.30. The molecule has 1 aromatic heterocycles. The van der Waals surface area contributed by atoms with Gasteiger partial charge in [-0.05, 0) is 38.3 Å². The number of nitrogens with zero attached hydrogens (tertiary/aromatic N) is 1. The van der Waals surface area contributed by atoms with E-state index in [0.29, 0.717) is 17.9 Å². The quantitative estimate of drug-likeness (QED) is 0.774. The van der Waals surface area contributed by atoms with Gasteiger partial charge in [0.25, 0.3) is 0 Å². The second-order valence-corrected chi connectivity index (χ2v) is 4.83. The smallest absolute Gasteiger partial charge is 0.303 e. The third kappa shape index (κ3) is 4.27. The van der Waals surface area contributed by atoms with Crippen LogP contribution in [0.5, 0.6) is 0 Å². The van der Waals surface area contributed by atoms with E-state index in [4.69, 9.17) is 21.4 Å². The summed E-state index contributed by atoms with van der Waals surface area (Å²) in [5, 5.41) is 9.21. The molecule has 0 bridgehead atoms. The number of unbranched alkanes of at least 4 members (excludes halogenated alkanes) is 1. The standard InChI is InChI=1S/C13H18ClNO3/c1-13(18-2,7-4-3-5-12(16)17)11-9-10(14)6-8-15-11/h6,8-9H,3-5,7H2,1-2H3,(H,16,17). The van der Waals surface area contributed by atoms with Gasteiger partial charge in [0.2, 0.25) is 0 Å². The molecule has 18 heavy (non-hydrogen) atoms. The molecule has 1 unspecified atom stereocenters. The first-order valence-corrected chi connectivity index (χ1v) is 6.25. The lowest BCUT2D eigenvalue weighted by atomic mass is 9.94. The predicted molar refractivity (Wildman–Crippen MR) is 69.7 cm³/mol.